The Balaban J connectivity index is 1.66. The fourth-order valence-corrected chi connectivity index (χ4v) is 3.92. The Morgan fingerprint density at radius 1 is 1.03 bits per heavy atom. The summed E-state index contributed by atoms with van der Waals surface area (Å²) in [7, 11) is 1.54. The van der Waals surface area contributed by atoms with Crippen LogP contribution in [0.3, 0.4) is 0 Å². The number of carbonyl (C=O) groups excluding carboxylic acids is 3. The minimum Gasteiger partial charge on any atom is -0.383 e. The second-order valence-electron chi connectivity index (χ2n) is 8.24. The molecule has 1 atom stereocenters. The molecule has 1 aliphatic heterocycles. The van der Waals surface area contributed by atoms with Gasteiger partial charge < -0.3 is 20.3 Å². The molecule has 0 saturated carbocycles. The molecule has 0 bridgehead atoms. The van der Waals surface area contributed by atoms with Crippen molar-refractivity contribution in [3.8, 4) is 0 Å². The lowest BCUT2D eigenvalue weighted by molar-refractivity contribution is -0.124. The molecular formula is C25H30FN3O4. The van der Waals surface area contributed by atoms with E-state index in [1.807, 2.05) is 31.2 Å². The van der Waals surface area contributed by atoms with E-state index >= 15 is 0 Å². The lowest BCUT2D eigenvalue weighted by atomic mass is 9.88. The molecule has 1 fully saturated rings. The number of piperidine rings is 1. The molecule has 7 nitrogen and oxygen atoms in total. The maximum absolute atomic E-state index is 13.2. The van der Waals surface area contributed by atoms with E-state index in [4.69, 9.17) is 4.74 Å². The van der Waals surface area contributed by atoms with Crippen molar-refractivity contribution in [1.29, 1.82) is 0 Å². The maximum atomic E-state index is 13.2. The first-order chi connectivity index (χ1) is 15.9. The zero-order valence-corrected chi connectivity index (χ0v) is 19.0. The van der Waals surface area contributed by atoms with Gasteiger partial charge in [-0.2, -0.15) is 0 Å². The number of ether oxygens (including phenoxy) is 1. The highest BCUT2D eigenvalue weighted by molar-refractivity contribution is 5.97. The summed E-state index contributed by atoms with van der Waals surface area (Å²) in [5.74, 6) is -1.36. The van der Waals surface area contributed by atoms with Crippen LogP contribution in [-0.4, -0.2) is 62.0 Å². The highest BCUT2D eigenvalue weighted by atomic mass is 19.1. The van der Waals surface area contributed by atoms with Gasteiger partial charge in [0.1, 0.15) is 11.9 Å². The Hall–Kier alpha value is -3.26. The zero-order chi connectivity index (χ0) is 23.8. The van der Waals surface area contributed by atoms with E-state index in [0.717, 1.165) is 5.56 Å². The largest absolute Gasteiger partial charge is 0.383 e. The van der Waals surface area contributed by atoms with E-state index in [1.54, 1.807) is 12.0 Å². The van der Waals surface area contributed by atoms with Crippen LogP contribution in [0, 0.1) is 18.7 Å². The number of nitrogens with one attached hydrogen (secondary N) is 2. The van der Waals surface area contributed by atoms with Crippen molar-refractivity contribution in [1.82, 2.24) is 15.5 Å². The molecule has 33 heavy (non-hydrogen) atoms. The Morgan fingerprint density at radius 2 is 1.64 bits per heavy atom. The first-order valence-electron chi connectivity index (χ1n) is 11.1. The van der Waals surface area contributed by atoms with Gasteiger partial charge in [-0.1, -0.05) is 17.7 Å². The standard InChI is InChI=1S/C25H30FN3O4/c1-17-3-5-20(6-4-17)25(32)29-14-11-18(12-15-29)22(24(31)27-13-16-33-2)28-23(30)19-7-9-21(26)10-8-19/h3-10,18,22H,11-16H2,1-2H3,(H,27,31)(H,28,30). The summed E-state index contributed by atoms with van der Waals surface area (Å²) in [6.45, 7) is 3.63. The lowest BCUT2D eigenvalue weighted by Crippen LogP contribution is -2.54. The Morgan fingerprint density at radius 3 is 2.24 bits per heavy atom. The molecule has 1 saturated heterocycles. The van der Waals surface area contributed by atoms with Crippen molar-refractivity contribution >= 4 is 17.7 Å². The molecule has 1 heterocycles. The Kier molecular flexibility index (Phi) is 8.54. The van der Waals surface area contributed by atoms with Gasteiger partial charge in [-0.15, -0.1) is 0 Å². The van der Waals surface area contributed by atoms with Gasteiger partial charge in [-0.3, -0.25) is 14.4 Å². The van der Waals surface area contributed by atoms with Crippen LogP contribution in [0.25, 0.3) is 0 Å². The summed E-state index contributed by atoms with van der Waals surface area (Å²) in [6.07, 6.45) is 1.15. The van der Waals surface area contributed by atoms with Gasteiger partial charge in [0.25, 0.3) is 11.8 Å². The van der Waals surface area contributed by atoms with Crippen LogP contribution in [0.5, 0.6) is 0 Å². The molecule has 0 spiro atoms. The summed E-state index contributed by atoms with van der Waals surface area (Å²) in [5, 5.41) is 5.61. The fraction of sp³-hybridized carbons (Fsp3) is 0.400. The second kappa shape index (κ2) is 11.6. The number of carbonyl (C=O) groups is 3. The average molecular weight is 456 g/mol. The van der Waals surface area contributed by atoms with Gasteiger partial charge in [0.05, 0.1) is 6.61 Å². The van der Waals surface area contributed by atoms with Crippen LogP contribution in [-0.2, 0) is 9.53 Å². The number of hydrogen-bond donors (Lipinski definition) is 2. The van der Waals surface area contributed by atoms with Crippen molar-refractivity contribution in [2.24, 2.45) is 5.92 Å². The number of benzene rings is 2. The smallest absolute Gasteiger partial charge is 0.253 e. The topological polar surface area (TPSA) is 87.7 Å². The van der Waals surface area contributed by atoms with Crippen LogP contribution in [0.4, 0.5) is 4.39 Å². The number of rotatable bonds is 8. The third-order valence-electron chi connectivity index (χ3n) is 5.88. The van der Waals surface area contributed by atoms with Gasteiger partial charge in [-0.05, 0) is 62.1 Å². The number of methoxy groups -OCH3 is 1. The van der Waals surface area contributed by atoms with Gasteiger partial charge in [0.15, 0.2) is 0 Å². The van der Waals surface area contributed by atoms with E-state index in [1.165, 1.54) is 24.3 Å². The van der Waals surface area contributed by atoms with Crippen molar-refractivity contribution in [3.63, 3.8) is 0 Å². The molecule has 8 heteroatoms. The zero-order valence-electron chi connectivity index (χ0n) is 19.0. The number of amides is 3. The highest BCUT2D eigenvalue weighted by Crippen LogP contribution is 2.23. The minimum absolute atomic E-state index is 0.0371. The highest BCUT2D eigenvalue weighted by Gasteiger charge is 2.34. The second-order valence-corrected chi connectivity index (χ2v) is 8.24. The number of halogens is 1. The number of aryl methyl sites for hydroxylation is 1. The monoisotopic (exact) mass is 455 g/mol. The van der Waals surface area contributed by atoms with E-state index in [-0.39, 0.29) is 23.3 Å². The van der Waals surface area contributed by atoms with E-state index in [0.29, 0.717) is 44.6 Å². The molecule has 1 aliphatic rings. The summed E-state index contributed by atoms with van der Waals surface area (Å²) < 4.78 is 18.2. The molecular weight excluding hydrogens is 425 g/mol. The van der Waals surface area contributed by atoms with Crippen molar-refractivity contribution < 1.29 is 23.5 Å². The van der Waals surface area contributed by atoms with Crippen molar-refractivity contribution in [2.45, 2.75) is 25.8 Å². The van der Waals surface area contributed by atoms with Crippen LogP contribution in [0.15, 0.2) is 48.5 Å². The number of likely N-dealkylation sites (tertiary alicyclic amines) is 1. The molecule has 2 aromatic carbocycles. The van der Waals surface area contributed by atoms with Gasteiger partial charge in [0.2, 0.25) is 5.91 Å². The molecule has 3 amide bonds. The summed E-state index contributed by atoms with van der Waals surface area (Å²) in [6, 6.07) is 11.9. The van der Waals surface area contributed by atoms with Crippen molar-refractivity contribution in [2.75, 3.05) is 33.4 Å². The molecule has 176 valence electrons. The molecule has 0 radical (unpaired) electrons. The first-order valence-corrected chi connectivity index (χ1v) is 11.1. The van der Waals surface area contributed by atoms with Gasteiger partial charge in [-0.25, -0.2) is 4.39 Å². The van der Waals surface area contributed by atoms with Gasteiger partial charge in [0, 0.05) is 37.9 Å². The predicted octanol–water partition coefficient (Wildman–Crippen LogP) is 2.55. The molecule has 0 aromatic heterocycles. The Labute approximate surface area is 193 Å². The van der Waals surface area contributed by atoms with Gasteiger partial charge >= 0.3 is 0 Å². The van der Waals surface area contributed by atoms with Crippen LogP contribution < -0.4 is 10.6 Å². The molecule has 1 unspecified atom stereocenters. The predicted molar refractivity (Wildman–Crippen MR) is 122 cm³/mol. The van der Waals surface area contributed by atoms with E-state index in [2.05, 4.69) is 10.6 Å². The summed E-state index contributed by atoms with van der Waals surface area (Å²) in [4.78, 5) is 40.2. The molecule has 2 aromatic rings. The summed E-state index contributed by atoms with van der Waals surface area (Å²) in [5.41, 5.74) is 2.00. The normalized spacial score (nSPS) is 15.1. The third-order valence-corrected chi connectivity index (χ3v) is 5.88. The average Bonchev–Trinajstić information content (AvgIpc) is 2.83. The molecule has 3 rings (SSSR count). The van der Waals surface area contributed by atoms with E-state index in [9.17, 15) is 18.8 Å². The number of nitrogens with zero attached hydrogens (tertiary/aromatic N) is 1. The molecule has 0 aliphatic carbocycles. The van der Waals surface area contributed by atoms with E-state index < -0.39 is 17.8 Å². The Bertz CT molecular complexity index is 955. The third kappa shape index (κ3) is 6.61. The van der Waals surface area contributed by atoms with Crippen molar-refractivity contribution in [3.05, 3.63) is 71.0 Å². The number of hydrogen-bond acceptors (Lipinski definition) is 4. The maximum Gasteiger partial charge on any atom is 0.253 e. The fourth-order valence-electron chi connectivity index (χ4n) is 3.92. The SMILES string of the molecule is COCCNC(=O)C(NC(=O)c1ccc(F)cc1)C1CCN(C(=O)c2ccc(C)cc2)CC1. The van der Waals surface area contributed by atoms with Crippen LogP contribution in [0.1, 0.15) is 39.1 Å². The quantitative estimate of drug-likeness (QED) is 0.599. The van der Waals surface area contributed by atoms with Crippen LogP contribution >= 0.6 is 0 Å². The first kappa shape index (κ1) is 24.4. The molecule has 2 N–H and O–H groups in total. The summed E-state index contributed by atoms with van der Waals surface area (Å²) >= 11 is 0. The minimum atomic E-state index is -0.768. The van der Waals surface area contributed by atoms with Crippen LogP contribution in [0.2, 0.25) is 0 Å². The lowest BCUT2D eigenvalue weighted by Gasteiger charge is -2.36.